The lowest BCUT2D eigenvalue weighted by Crippen LogP contribution is -2.36. The second-order valence-corrected chi connectivity index (χ2v) is 10.8. The van der Waals surface area contributed by atoms with E-state index in [1.165, 1.54) is 0 Å². The molecule has 2 heterocycles. The highest BCUT2D eigenvalue weighted by atomic mass is 35.5. The van der Waals surface area contributed by atoms with Crippen LogP contribution in [0.25, 0.3) is 10.9 Å². The summed E-state index contributed by atoms with van der Waals surface area (Å²) in [6.45, 7) is 0. The molecule has 0 radical (unpaired) electrons. The summed E-state index contributed by atoms with van der Waals surface area (Å²) in [7, 11) is -3.74. The molecule has 5 rings (SSSR count). The molecule has 0 amide bonds. The summed E-state index contributed by atoms with van der Waals surface area (Å²) in [4.78, 5) is 14.9. The van der Waals surface area contributed by atoms with Crippen LogP contribution in [0.1, 0.15) is 54.8 Å². The number of sulfonamides is 1. The van der Waals surface area contributed by atoms with E-state index in [1.54, 1.807) is 12.1 Å². The van der Waals surface area contributed by atoms with Crippen molar-refractivity contribution < 1.29 is 12.8 Å². The lowest BCUT2D eigenvalue weighted by atomic mass is 9.96. The van der Waals surface area contributed by atoms with Gasteiger partial charge in [-0.25, -0.2) is 23.0 Å². The predicted octanol–water partition coefficient (Wildman–Crippen LogP) is 4.29. The molecule has 2 aromatic carbocycles. The van der Waals surface area contributed by atoms with Gasteiger partial charge >= 0.3 is 5.76 Å². The van der Waals surface area contributed by atoms with E-state index in [0.717, 1.165) is 59.8 Å². The Morgan fingerprint density at radius 3 is 2.65 bits per heavy atom. The molecular formula is C24H25ClN4O4S. The normalized spacial score (nSPS) is 15.2. The lowest BCUT2D eigenvalue weighted by molar-refractivity contribution is 0.412. The van der Waals surface area contributed by atoms with Gasteiger partial charge in [-0.2, -0.15) is 0 Å². The first kappa shape index (κ1) is 22.9. The zero-order chi connectivity index (χ0) is 23.7. The van der Waals surface area contributed by atoms with Crippen molar-refractivity contribution >= 4 is 32.5 Å². The van der Waals surface area contributed by atoms with Crippen LogP contribution in [0.2, 0.25) is 5.02 Å². The van der Waals surface area contributed by atoms with Crippen molar-refractivity contribution in [2.75, 3.05) is 0 Å². The van der Waals surface area contributed by atoms with Crippen LogP contribution in [-0.2, 0) is 22.9 Å². The van der Waals surface area contributed by atoms with E-state index < -0.39 is 15.8 Å². The number of hydrogen-bond acceptors (Lipinski definition) is 5. The van der Waals surface area contributed by atoms with Crippen molar-refractivity contribution in [2.24, 2.45) is 0 Å². The molecule has 0 atom stereocenters. The minimum Gasteiger partial charge on any atom is -0.392 e. The SMILES string of the molecule is O=c1[nH]nc(Cc2c(Cc3ccc(Cl)c(S(=O)(=O)NC4CCCCC4)c3)[nH]c3ccccc23)o1. The van der Waals surface area contributed by atoms with Gasteiger partial charge in [0.2, 0.25) is 15.9 Å². The molecule has 8 nitrogen and oxygen atoms in total. The number of hydrogen-bond donors (Lipinski definition) is 3. The summed E-state index contributed by atoms with van der Waals surface area (Å²) in [5.41, 5.74) is 3.55. The number of aromatic nitrogens is 3. The van der Waals surface area contributed by atoms with Gasteiger partial charge in [-0.05, 0) is 42.2 Å². The van der Waals surface area contributed by atoms with Crippen LogP contribution in [0, 0.1) is 0 Å². The number of aromatic amines is 2. The van der Waals surface area contributed by atoms with Crippen molar-refractivity contribution in [1.29, 1.82) is 0 Å². The number of nitrogens with zero attached hydrogens (tertiary/aromatic N) is 1. The maximum Gasteiger partial charge on any atom is 0.434 e. The molecule has 2 aromatic heterocycles. The zero-order valence-corrected chi connectivity index (χ0v) is 20.0. The van der Waals surface area contributed by atoms with Gasteiger partial charge in [0.05, 0.1) is 11.4 Å². The molecule has 0 saturated heterocycles. The van der Waals surface area contributed by atoms with E-state index >= 15 is 0 Å². The van der Waals surface area contributed by atoms with E-state index in [0.29, 0.717) is 12.8 Å². The first-order valence-electron chi connectivity index (χ1n) is 11.3. The van der Waals surface area contributed by atoms with E-state index in [-0.39, 0.29) is 21.9 Å². The molecule has 0 bridgehead atoms. The number of H-pyrrole nitrogens is 2. The van der Waals surface area contributed by atoms with Crippen LogP contribution in [0.4, 0.5) is 0 Å². The van der Waals surface area contributed by atoms with Gasteiger partial charge in [0, 0.05) is 29.1 Å². The fourth-order valence-electron chi connectivity index (χ4n) is 4.67. The van der Waals surface area contributed by atoms with E-state index in [4.69, 9.17) is 16.0 Å². The number of benzene rings is 2. The quantitative estimate of drug-likeness (QED) is 0.349. The van der Waals surface area contributed by atoms with E-state index in [2.05, 4.69) is 19.9 Å². The minimum atomic E-state index is -3.74. The summed E-state index contributed by atoms with van der Waals surface area (Å²) in [6.07, 6.45) is 5.65. The lowest BCUT2D eigenvalue weighted by Gasteiger charge is -2.23. The van der Waals surface area contributed by atoms with Crippen molar-refractivity contribution in [3.8, 4) is 0 Å². The molecule has 178 valence electrons. The van der Waals surface area contributed by atoms with Gasteiger partial charge < -0.3 is 9.40 Å². The summed E-state index contributed by atoms with van der Waals surface area (Å²) >= 11 is 6.33. The van der Waals surface area contributed by atoms with Gasteiger partial charge in [-0.3, -0.25) is 0 Å². The number of fused-ring (bicyclic) bond motifs is 1. The highest BCUT2D eigenvalue weighted by Gasteiger charge is 2.24. The Labute approximate surface area is 201 Å². The summed E-state index contributed by atoms with van der Waals surface area (Å²) in [5.74, 6) is -0.318. The fourth-order valence-corrected chi connectivity index (χ4v) is 6.52. The molecule has 1 fully saturated rings. The first-order chi connectivity index (χ1) is 16.4. The van der Waals surface area contributed by atoms with Crippen LogP contribution in [0.3, 0.4) is 0 Å². The highest BCUT2D eigenvalue weighted by molar-refractivity contribution is 7.89. The Bertz CT molecular complexity index is 1480. The Balaban J connectivity index is 1.47. The van der Waals surface area contributed by atoms with Crippen LogP contribution >= 0.6 is 11.6 Å². The summed E-state index contributed by atoms with van der Waals surface area (Å²) in [6, 6.07) is 12.9. The van der Waals surface area contributed by atoms with Gasteiger partial charge in [-0.1, -0.05) is 55.1 Å². The van der Waals surface area contributed by atoms with Crippen molar-refractivity contribution in [2.45, 2.75) is 55.9 Å². The minimum absolute atomic E-state index is 0.0534. The summed E-state index contributed by atoms with van der Waals surface area (Å²) in [5, 5.41) is 7.41. The second-order valence-electron chi connectivity index (χ2n) is 8.71. The predicted molar refractivity (Wildman–Crippen MR) is 130 cm³/mol. The highest BCUT2D eigenvalue weighted by Crippen LogP contribution is 2.29. The molecule has 0 spiro atoms. The molecule has 1 aliphatic rings. The van der Waals surface area contributed by atoms with Crippen LogP contribution in [-0.4, -0.2) is 29.6 Å². The van der Waals surface area contributed by atoms with Gasteiger partial charge in [0.25, 0.3) is 0 Å². The summed E-state index contributed by atoms with van der Waals surface area (Å²) < 4.78 is 34.2. The van der Waals surface area contributed by atoms with Crippen molar-refractivity contribution in [3.05, 3.63) is 80.7 Å². The Morgan fingerprint density at radius 2 is 1.88 bits per heavy atom. The average molecular weight is 501 g/mol. The van der Waals surface area contributed by atoms with Crippen molar-refractivity contribution in [3.63, 3.8) is 0 Å². The number of para-hydroxylation sites is 1. The third-order valence-corrected chi connectivity index (χ3v) is 8.31. The fraction of sp³-hybridized carbons (Fsp3) is 0.333. The topological polar surface area (TPSA) is 121 Å². The van der Waals surface area contributed by atoms with Crippen molar-refractivity contribution in [1.82, 2.24) is 19.9 Å². The molecule has 4 aromatic rings. The monoisotopic (exact) mass is 500 g/mol. The van der Waals surface area contributed by atoms with Crippen LogP contribution in [0.15, 0.2) is 56.6 Å². The Morgan fingerprint density at radius 1 is 1.09 bits per heavy atom. The largest absolute Gasteiger partial charge is 0.434 e. The van der Waals surface area contributed by atoms with E-state index in [1.807, 2.05) is 30.3 Å². The van der Waals surface area contributed by atoms with Gasteiger partial charge in [0.1, 0.15) is 4.90 Å². The molecular weight excluding hydrogens is 476 g/mol. The number of nitrogens with one attached hydrogen (secondary N) is 3. The van der Waals surface area contributed by atoms with Crippen LogP contribution < -0.4 is 10.5 Å². The smallest absolute Gasteiger partial charge is 0.392 e. The van der Waals surface area contributed by atoms with Gasteiger partial charge in [0.15, 0.2) is 0 Å². The second kappa shape index (κ2) is 9.40. The Kier molecular flexibility index (Phi) is 6.33. The molecule has 3 N–H and O–H groups in total. The molecule has 0 unspecified atom stereocenters. The van der Waals surface area contributed by atoms with E-state index in [9.17, 15) is 13.2 Å². The number of rotatable bonds is 7. The average Bonchev–Trinajstić information content (AvgIpc) is 3.38. The Hall–Kier alpha value is -2.88. The van der Waals surface area contributed by atoms with Gasteiger partial charge in [-0.15, -0.1) is 5.10 Å². The zero-order valence-electron chi connectivity index (χ0n) is 18.4. The molecule has 1 saturated carbocycles. The number of halogens is 1. The third kappa shape index (κ3) is 4.82. The first-order valence-corrected chi connectivity index (χ1v) is 13.2. The molecule has 1 aliphatic carbocycles. The maximum atomic E-state index is 13.1. The van der Waals surface area contributed by atoms with Crippen LogP contribution in [0.5, 0.6) is 0 Å². The maximum absolute atomic E-state index is 13.1. The third-order valence-electron chi connectivity index (χ3n) is 6.31. The molecule has 10 heteroatoms. The standard InChI is InChI=1S/C24H25ClN4O4S/c25-19-11-10-15(13-22(19)34(31,32)29-16-6-2-1-3-7-16)12-21-18(14-23-27-28-24(30)33-23)17-8-4-5-9-20(17)26-21/h4-5,8-11,13,16,26,29H,1-3,6-7,12,14H2,(H,28,30). The molecule has 0 aliphatic heterocycles. The molecule has 34 heavy (non-hydrogen) atoms.